The minimum Gasteiger partial charge on any atom is -0.494 e. The first-order valence-corrected chi connectivity index (χ1v) is 5.77. The summed E-state index contributed by atoms with van der Waals surface area (Å²) in [5.41, 5.74) is 0.644. The topological polar surface area (TPSA) is 49.7 Å². The number of ether oxygens (including phenoxy) is 1. The lowest BCUT2D eigenvalue weighted by Crippen LogP contribution is -2.27. The van der Waals surface area contributed by atoms with Gasteiger partial charge in [-0.05, 0) is 24.1 Å². The van der Waals surface area contributed by atoms with Gasteiger partial charge < -0.3 is 14.9 Å². The largest absolute Gasteiger partial charge is 0.494 e. The van der Waals surface area contributed by atoms with Crippen LogP contribution in [-0.2, 0) is 6.42 Å². The fraction of sp³-hybridized carbons (Fsp3) is 0.538. The molecule has 0 fully saturated rings. The van der Waals surface area contributed by atoms with Gasteiger partial charge in [0.25, 0.3) is 0 Å². The SMILES string of the molecule is CCCC(O)C(O)Cc1ccc(OC)c(F)c1. The molecule has 1 aromatic carbocycles. The van der Waals surface area contributed by atoms with Gasteiger partial charge in [0.2, 0.25) is 0 Å². The molecule has 0 aromatic heterocycles. The van der Waals surface area contributed by atoms with Gasteiger partial charge in [-0.3, -0.25) is 0 Å². The van der Waals surface area contributed by atoms with Crippen molar-refractivity contribution in [1.29, 1.82) is 0 Å². The summed E-state index contributed by atoms with van der Waals surface area (Å²) in [6.45, 7) is 1.93. The van der Waals surface area contributed by atoms with Crippen molar-refractivity contribution in [3.05, 3.63) is 29.6 Å². The average Bonchev–Trinajstić information content (AvgIpc) is 2.29. The van der Waals surface area contributed by atoms with Gasteiger partial charge in [-0.2, -0.15) is 0 Å². The summed E-state index contributed by atoms with van der Waals surface area (Å²) in [5.74, 6) is -0.278. The lowest BCUT2D eigenvalue weighted by molar-refractivity contribution is 0.0148. The third-order valence-electron chi connectivity index (χ3n) is 2.69. The first-order valence-electron chi connectivity index (χ1n) is 5.77. The van der Waals surface area contributed by atoms with E-state index in [2.05, 4.69) is 0 Å². The van der Waals surface area contributed by atoms with Crippen molar-refractivity contribution >= 4 is 0 Å². The molecule has 4 heteroatoms. The molecule has 96 valence electrons. The van der Waals surface area contributed by atoms with E-state index in [4.69, 9.17) is 4.74 Å². The number of hydrogen-bond donors (Lipinski definition) is 2. The van der Waals surface area contributed by atoms with Crippen LogP contribution in [0.3, 0.4) is 0 Å². The molecule has 0 aliphatic rings. The van der Waals surface area contributed by atoms with Crippen molar-refractivity contribution in [2.45, 2.75) is 38.4 Å². The van der Waals surface area contributed by atoms with E-state index in [1.165, 1.54) is 19.2 Å². The molecule has 0 heterocycles. The summed E-state index contributed by atoms with van der Waals surface area (Å²) in [5, 5.41) is 19.3. The first-order chi connectivity index (χ1) is 8.08. The monoisotopic (exact) mass is 242 g/mol. The number of aliphatic hydroxyl groups is 2. The zero-order valence-electron chi connectivity index (χ0n) is 10.2. The van der Waals surface area contributed by atoms with E-state index in [9.17, 15) is 14.6 Å². The highest BCUT2D eigenvalue weighted by Crippen LogP contribution is 2.19. The molecular weight excluding hydrogens is 223 g/mol. The zero-order valence-corrected chi connectivity index (χ0v) is 10.2. The molecule has 1 rings (SSSR count). The minimum atomic E-state index is -0.859. The number of halogens is 1. The number of benzene rings is 1. The van der Waals surface area contributed by atoms with Gasteiger partial charge >= 0.3 is 0 Å². The van der Waals surface area contributed by atoms with Crippen molar-refractivity contribution in [3.8, 4) is 5.75 Å². The Morgan fingerprint density at radius 3 is 2.53 bits per heavy atom. The molecule has 2 unspecified atom stereocenters. The molecule has 2 N–H and O–H groups in total. The quantitative estimate of drug-likeness (QED) is 0.801. The first kappa shape index (κ1) is 13.9. The van der Waals surface area contributed by atoms with Gasteiger partial charge in [-0.25, -0.2) is 4.39 Å². The third-order valence-corrected chi connectivity index (χ3v) is 2.69. The van der Waals surface area contributed by atoms with Crippen LogP contribution in [0, 0.1) is 5.82 Å². The van der Waals surface area contributed by atoms with Gasteiger partial charge in [0.05, 0.1) is 19.3 Å². The Labute approximate surface area is 101 Å². The molecule has 0 saturated heterocycles. The standard InChI is InChI=1S/C13H19FO3/c1-3-4-11(15)12(16)8-9-5-6-13(17-2)10(14)7-9/h5-7,11-12,15-16H,3-4,8H2,1-2H3. The Kier molecular flexibility index (Phi) is 5.38. The molecular formula is C13H19FO3. The van der Waals surface area contributed by atoms with E-state index < -0.39 is 18.0 Å². The Bertz CT molecular complexity index is 355. The molecule has 17 heavy (non-hydrogen) atoms. The highest BCUT2D eigenvalue weighted by molar-refractivity contribution is 5.29. The summed E-state index contributed by atoms with van der Waals surface area (Å²) in [6, 6.07) is 4.52. The lowest BCUT2D eigenvalue weighted by Gasteiger charge is -2.17. The Balaban J connectivity index is 2.65. The van der Waals surface area contributed by atoms with Gasteiger partial charge in [0.15, 0.2) is 11.6 Å². The van der Waals surface area contributed by atoms with Gasteiger partial charge in [-0.15, -0.1) is 0 Å². The molecule has 2 atom stereocenters. The maximum Gasteiger partial charge on any atom is 0.165 e. The second-order valence-corrected chi connectivity index (χ2v) is 4.10. The number of rotatable bonds is 6. The van der Waals surface area contributed by atoms with E-state index >= 15 is 0 Å². The molecule has 0 amide bonds. The number of aliphatic hydroxyl groups excluding tert-OH is 2. The van der Waals surface area contributed by atoms with Gasteiger partial charge in [0, 0.05) is 6.42 Å². The molecule has 0 aliphatic heterocycles. The molecule has 0 radical (unpaired) electrons. The predicted octanol–water partition coefficient (Wildman–Crippen LogP) is 1.90. The second kappa shape index (κ2) is 6.57. The van der Waals surface area contributed by atoms with Crippen molar-refractivity contribution < 1.29 is 19.3 Å². The Morgan fingerprint density at radius 1 is 1.29 bits per heavy atom. The van der Waals surface area contributed by atoms with Crippen molar-refractivity contribution in [3.63, 3.8) is 0 Å². The summed E-state index contributed by atoms with van der Waals surface area (Å²) in [7, 11) is 1.40. The van der Waals surface area contributed by atoms with E-state index in [1.54, 1.807) is 6.07 Å². The van der Waals surface area contributed by atoms with Crippen LogP contribution in [0.4, 0.5) is 4.39 Å². The van der Waals surface area contributed by atoms with Crippen LogP contribution in [0.2, 0.25) is 0 Å². The summed E-state index contributed by atoms with van der Waals surface area (Å²) in [6.07, 6.45) is -0.0372. The predicted molar refractivity (Wildman–Crippen MR) is 63.6 cm³/mol. The van der Waals surface area contributed by atoms with E-state index in [1.807, 2.05) is 6.92 Å². The summed E-state index contributed by atoms with van der Waals surface area (Å²) < 4.78 is 18.2. The second-order valence-electron chi connectivity index (χ2n) is 4.10. The summed E-state index contributed by atoms with van der Waals surface area (Å²) in [4.78, 5) is 0. The van der Waals surface area contributed by atoms with Crippen LogP contribution in [0.25, 0.3) is 0 Å². The zero-order chi connectivity index (χ0) is 12.8. The average molecular weight is 242 g/mol. The van der Waals surface area contributed by atoms with Crippen LogP contribution in [0.1, 0.15) is 25.3 Å². The fourth-order valence-corrected chi connectivity index (χ4v) is 1.70. The van der Waals surface area contributed by atoms with Gasteiger partial charge in [-0.1, -0.05) is 19.4 Å². The van der Waals surface area contributed by atoms with E-state index in [-0.39, 0.29) is 12.2 Å². The molecule has 0 aliphatic carbocycles. The van der Waals surface area contributed by atoms with Crippen LogP contribution < -0.4 is 4.74 Å². The number of hydrogen-bond acceptors (Lipinski definition) is 3. The Hall–Kier alpha value is -1.13. The lowest BCUT2D eigenvalue weighted by atomic mass is 10.0. The molecule has 3 nitrogen and oxygen atoms in total. The molecule has 0 spiro atoms. The smallest absolute Gasteiger partial charge is 0.165 e. The maximum absolute atomic E-state index is 13.4. The van der Waals surface area contributed by atoms with Crippen LogP contribution >= 0.6 is 0 Å². The van der Waals surface area contributed by atoms with Crippen molar-refractivity contribution in [1.82, 2.24) is 0 Å². The Morgan fingerprint density at radius 2 is 2.00 bits per heavy atom. The minimum absolute atomic E-state index is 0.178. The highest BCUT2D eigenvalue weighted by Gasteiger charge is 2.16. The highest BCUT2D eigenvalue weighted by atomic mass is 19.1. The molecule has 1 aromatic rings. The number of methoxy groups -OCH3 is 1. The fourth-order valence-electron chi connectivity index (χ4n) is 1.70. The van der Waals surface area contributed by atoms with Crippen molar-refractivity contribution in [2.75, 3.05) is 7.11 Å². The van der Waals surface area contributed by atoms with Crippen LogP contribution in [-0.4, -0.2) is 29.5 Å². The van der Waals surface area contributed by atoms with E-state index in [0.29, 0.717) is 12.0 Å². The third kappa shape index (κ3) is 3.98. The van der Waals surface area contributed by atoms with Crippen LogP contribution in [0.5, 0.6) is 5.75 Å². The van der Waals surface area contributed by atoms with Gasteiger partial charge in [0.1, 0.15) is 0 Å². The molecule has 0 bridgehead atoms. The van der Waals surface area contributed by atoms with Crippen LogP contribution in [0.15, 0.2) is 18.2 Å². The maximum atomic E-state index is 13.4. The van der Waals surface area contributed by atoms with Crippen molar-refractivity contribution in [2.24, 2.45) is 0 Å². The molecule has 0 saturated carbocycles. The van der Waals surface area contributed by atoms with E-state index in [0.717, 1.165) is 6.42 Å². The normalized spacial score (nSPS) is 14.4. The summed E-state index contributed by atoms with van der Waals surface area (Å²) >= 11 is 0.